The molecule has 1 aliphatic heterocycles. The van der Waals surface area contributed by atoms with Crippen LogP contribution < -0.4 is 10.2 Å². The molecule has 3 N–H and O–H groups in total. The molecule has 5 rings (SSSR count). The summed E-state index contributed by atoms with van der Waals surface area (Å²) < 4.78 is 20.0. The number of aromatic amines is 1. The minimum absolute atomic E-state index is 0. The molecule has 3 aromatic carbocycles. The lowest BCUT2D eigenvalue weighted by atomic mass is 9.93. The number of H-pyrrole nitrogens is 1. The first-order valence-corrected chi connectivity index (χ1v) is 10.6. The molecular formula is C23H17BrClFN4O4. The maximum atomic E-state index is 14.9. The van der Waals surface area contributed by atoms with Gasteiger partial charge in [0, 0.05) is 21.2 Å². The number of methoxy groups -OCH3 is 1. The van der Waals surface area contributed by atoms with E-state index in [4.69, 9.17) is 0 Å². The van der Waals surface area contributed by atoms with Crippen molar-refractivity contribution in [2.45, 2.75) is 5.72 Å². The zero-order valence-electron chi connectivity index (χ0n) is 17.5. The number of aliphatic hydroxyl groups is 1. The van der Waals surface area contributed by atoms with Crippen LogP contribution in [0.15, 0.2) is 65.1 Å². The lowest BCUT2D eigenvalue weighted by molar-refractivity contribution is 0.0699. The fourth-order valence-electron chi connectivity index (χ4n) is 4.02. The van der Waals surface area contributed by atoms with Crippen molar-refractivity contribution in [3.8, 4) is 0 Å². The van der Waals surface area contributed by atoms with Crippen molar-refractivity contribution < 1.29 is 23.8 Å². The number of carbonyl (C=O) groups is 2. The monoisotopic (exact) mass is 546 g/mol. The number of rotatable bonds is 3. The molecule has 8 nitrogen and oxygen atoms in total. The van der Waals surface area contributed by atoms with Crippen LogP contribution in [0.1, 0.15) is 21.5 Å². The number of anilines is 2. The second kappa shape index (κ2) is 8.71. The molecule has 1 atom stereocenters. The van der Waals surface area contributed by atoms with Crippen molar-refractivity contribution in [3.63, 3.8) is 0 Å². The first-order valence-electron chi connectivity index (χ1n) is 9.79. The Hall–Kier alpha value is -3.47. The lowest BCUT2D eigenvalue weighted by Crippen LogP contribution is -2.45. The maximum absolute atomic E-state index is 14.9. The first kappa shape index (κ1) is 23.7. The maximum Gasteiger partial charge on any atom is 0.413 e. The standard InChI is InChI=1S/C23H16BrFN4O4.ClH/c1-33-22(31)28-21-26-17-9-6-12(10-18(17)27-21)23(32)15-5-3-2-4-14(15)20(30)29(23)19-11-13(24)7-8-16(19)25;/h2-11,32H,1H3,(H2,26,27,28,31);1H. The molecule has 2 amide bonds. The second-order valence-corrected chi connectivity index (χ2v) is 8.30. The van der Waals surface area contributed by atoms with Crippen molar-refractivity contribution in [2.75, 3.05) is 17.3 Å². The van der Waals surface area contributed by atoms with Gasteiger partial charge in [0.05, 0.1) is 23.8 Å². The molecule has 0 fully saturated rings. The predicted molar refractivity (Wildman–Crippen MR) is 130 cm³/mol. The molecule has 1 unspecified atom stereocenters. The van der Waals surface area contributed by atoms with Crippen molar-refractivity contribution in [1.82, 2.24) is 9.97 Å². The molecule has 174 valence electrons. The number of imidazole rings is 1. The van der Waals surface area contributed by atoms with Crippen LogP contribution in [0.3, 0.4) is 0 Å². The quantitative estimate of drug-likeness (QED) is 0.338. The Morgan fingerprint density at radius 1 is 1.21 bits per heavy atom. The highest BCUT2D eigenvalue weighted by molar-refractivity contribution is 9.10. The van der Waals surface area contributed by atoms with Gasteiger partial charge in [-0.1, -0.05) is 40.2 Å². The van der Waals surface area contributed by atoms with E-state index in [9.17, 15) is 19.1 Å². The summed E-state index contributed by atoms with van der Waals surface area (Å²) in [5.41, 5.74) is -0.194. The topological polar surface area (TPSA) is 108 Å². The van der Waals surface area contributed by atoms with Crippen LogP contribution in [-0.2, 0) is 10.5 Å². The highest BCUT2D eigenvalue weighted by atomic mass is 79.9. The smallest absolute Gasteiger partial charge is 0.413 e. The number of aromatic nitrogens is 2. The number of hydrogen-bond donors (Lipinski definition) is 3. The van der Waals surface area contributed by atoms with E-state index in [1.807, 2.05) is 0 Å². The number of amides is 2. The zero-order valence-corrected chi connectivity index (χ0v) is 19.9. The second-order valence-electron chi connectivity index (χ2n) is 7.39. The van der Waals surface area contributed by atoms with Crippen molar-refractivity contribution >= 4 is 63.0 Å². The van der Waals surface area contributed by atoms with Gasteiger partial charge in [-0.3, -0.25) is 15.0 Å². The number of fused-ring (bicyclic) bond motifs is 2. The summed E-state index contributed by atoms with van der Waals surface area (Å²) in [4.78, 5) is 33.1. The zero-order chi connectivity index (χ0) is 23.3. The van der Waals surface area contributed by atoms with E-state index in [0.717, 1.165) is 4.90 Å². The van der Waals surface area contributed by atoms with E-state index < -0.39 is 23.5 Å². The van der Waals surface area contributed by atoms with Gasteiger partial charge in [0.25, 0.3) is 5.91 Å². The number of ether oxygens (including phenoxy) is 1. The van der Waals surface area contributed by atoms with Crippen molar-refractivity contribution in [2.24, 2.45) is 0 Å². The summed E-state index contributed by atoms with van der Waals surface area (Å²) in [6.45, 7) is 0. The van der Waals surface area contributed by atoms with E-state index >= 15 is 0 Å². The minimum Gasteiger partial charge on any atom is -0.453 e. The number of carbonyl (C=O) groups excluding carboxylic acids is 2. The Morgan fingerprint density at radius 2 is 1.97 bits per heavy atom. The van der Waals surface area contributed by atoms with Gasteiger partial charge in [-0.05, 0) is 36.4 Å². The summed E-state index contributed by atoms with van der Waals surface area (Å²) in [5.74, 6) is -1.05. The number of hydrogen-bond acceptors (Lipinski definition) is 5. The van der Waals surface area contributed by atoms with E-state index in [0.29, 0.717) is 26.6 Å². The van der Waals surface area contributed by atoms with Crippen LogP contribution in [-0.4, -0.2) is 34.2 Å². The minimum atomic E-state index is -2.00. The molecule has 0 radical (unpaired) electrons. The Morgan fingerprint density at radius 3 is 2.74 bits per heavy atom. The van der Waals surface area contributed by atoms with Gasteiger partial charge in [0.2, 0.25) is 5.95 Å². The van der Waals surface area contributed by atoms with Crippen molar-refractivity contribution in [1.29, 1.82) is 0 Å². The molecule has 2 heterocycles. The SMILES string of the molecule is COC(=O)Nc1nc2ccc(C3(O)c4ccccc4C(=O)N3c3cc(Br)ccc3F)cc2[nH]1.Cl. The molecular weight excluding hydrogens is 531 g/mol. The molecule has 1 aromatic heterocycles. The van der Waals surface area contributed by atoms with Crippen LogP contribution >= 0.6 is 28.3 Å². The van der Waals surface area contributed by atoms with Gasteiger partial charge in [0.15, 0.2) is 5.72 Å². The molecule has 0 saturated heterocycles. The molecule has 0 bridgehead atoms. The lowest BCUT2D eigenvalue weighted by Gasteiger charge is -2.35. The molecule has 0 spiro atoms. The summed E-state index contributed by atoms with van der Waals surface area (Å²) in [6, 6.07) is 15.6. The summed E-state index contributed by atoms with van der Waals surface area (Å²) in [5, 5.41) is 14.5. The summed E-state index contributed by atoms with van der Waals surface area (Å²) in [6.07, 6.45) is -0.695. The van der Waals surface area contributed by atoms with Crippen LogP contribution in [0.5, 0.6) is 0 Å². The number of benzene rings is 3. The van der Waals surface area contributed by atoms with E-state index in [1.54, 1.807) is 42.5 Å². The van der Waals surface area contributed by atoms with E-state index in [1.165, 1.54) is 25.3 Å². The Balaban J connectivity index is 0.00000274. The number of nitrogens with one attached hydrogen (secondary N) is 2. The number of halogens is 3. The van der Waals surface area contributed by atoms with Crippen LogP contribution in [0.25, 0.3) is 11.0 Å². The third kappa shape index (κ3) is 3.60. The summed E-state index contributed by atoms with van der Waals surface area (Å²) >= 11 is 3.31. The van der Waals surface area contributed by atoms with Gasteiger partial charge in [-0.25, -0.2) is 14.2 Å². The van der Waals surface area contributed by atoms with Gasteiger partial charge in [-0.2, -0.15) is 0 Å². The van der Waals surface area contributed by atoms with E-state index in [-0.39, 0.29) is 29.6 Å². The fourth-order valence-corrected chi connectivity index (χ4v) is 4.37. The largest absolute Gasteiger partial charge is 0.453 e. The molecule has 0 aliphatic carbocycles. The highest BCUT2D eigenvalue weighted by Crippen LogP contribution is 2.46. The Bertz CT molecular complexity index is 1450. The van der Waals surface area contributed by atoms with E-state index in [2.05, 4.69) is 36.0 Å². The molecule has 34 heavy (non-hydrogen) atoms. The Labute approximate surface area is 207 Å². The van der Waals surface area contributed by atoms with Gasteiger partial charge < -0.3 is 14.8 Å². The molecule has 4 aromatic rings. The number of nitrogens with zero attached hydrogens (tertiary/aromatic N) is 2. The fraction of sp³-hybridized carbons (Fsp3) is 0.0870. The van der Waals surface area contributed by atoms with Gasteiger partial charge in [-0.15, -0.1) is 12.4 Å². The highest BCUT2D eigenvalue weighted by Gasteiger charge is 2.51. The van der Waals surface area contributed by atoms with Gasteiger partial charge >= 0.3 is 6.09 Å². The average molecular weight is 548 g/mol. The summed E-state index contributed by atoms with van der Waals surface area (Å²) in [7, 11) is 1.23. The van der Waals surface area contributed by atoms with Crippen molar-refractivity contribution in [3.05, 3.63) is 87.6 Å². The average Bonchev–Trinajstić information content (AvgIpc) is 3.31. The van der Waals surface area contributed by atoms with Crippen LogP contribution in [0.2, 0.25) is 0 Å². The molecule has 0 saturated carbocycles. The Kier molecular flexibility index (Phi) is 6.07. The van der Waals surface area contributed by atoms with Crippen LogP contribution in [0.4, 0.5) is 20.8 Å². The third-order valence-corrected chi connectivity index (χ3v) is 5.99. The third-order valence-electron chi connectivity index (χ3n) is 5.50. The van der Waals surface area contributed by atoms with Gasteiger partial charge in [0.1, 0.15) is 5.82 Å². The first-order chi connectivity index (χ1) is 15.8. The molecule has 1 aliphatic rings. The molecule has 11 heteroatoms. The predicted octanol–water partition coefficient (Wildman–Crippen LogP) is 4.92. The van der Waals surface area contributed by atoms with Crippen LogP contribution in [0, 0.1) is 5.82 Å². The normalized spacial score (nSPS) is 16.8.